The number of hydrogen-bond donors (Lipinski definition) is 2. The van der Waals surface area contributed by atoms with Crippen LogP contribution in [0.3, 0.4) is 0 Å². The van der Waals surface area contributed by atoms with Gasteiger partial charge in [0.1, 0.15) is 15.6 Å². The van der Waals surface area contributed by atoms with Crippen molar-refractivity contribution >= 4 is 15.8 Å². The summed E-state index contributed by atoms with van der Waals surface area (Å²) in [5, 5.41) is 5.72. The minimum atomic E-state index is -3.10. The van der Waals surface area contributed by atoms with E-state index in [0.717, 1.165) is 6.26 Å². The summed E-state index contributed by atoms with van der Waals surface area (Å²) < 4.78 is 62.3. The molecule has 1 aromatic rings. The van der Waals surface area contributed by atoms with Gasteiger partial charge in [0.2, 0.25) is 6.79 Å². The molecule has 1 aromatic carbocycles. The molecule has 0 fully saturated rings. The molecular formula is C14H19F2N3O5S. The first-order chi connectivity index (χ1) is 11.8. The minimum Gasteiger partial charge on any atom is -0.454 e. The van der Waals surface area contributed by atoms with E-state index in [9.17, 15) is 17.2 Å². The zero-order chi connectivity index (χ0) is 18.4. The number of benzene rings is 1. The quantitative estimate of drug-likeness (QED) is 0.532. The summed E-state index contributed by atoms with van der Waals surface area (Å²) in [6, 6.07) is 2.88. The molecule has 1 heterocycles. The van der Waals surface area contributed by atoms with E-state index in [0.29, 0.717) is 23.0 Å². The lowest BCUT2D eigenvalue weighted by atomic mass is 10.1. The van der Waals surface area contributed by atoms with Crippen LogP contribution in [0.2, 0.25) is 0 Å². The Labute approximate surface area is 144 Å². The first-order valence-corrected chi connectivity index (χ1v) is 9.34. The van der Waals surface area contributed by atoms with Gasteiger partial charge in [-0.05, 0) is 6.07 Å². The molecule has 25 heavy (non-hydrogen) atoms. The summed E-state index contributed by atoms with van der Waals surface area (Å²) >= 11 is 0. The van der Waals surface area contributed by atoms with Crippen molar-refractivity contribution in [2.75, 3.05) is 32.4 Å². The van der Waals surface area contributed by atoms with Crippen LogP contribution in [0.4, 0.5) is 8.78 Å². The molecular weight excluding hydrogens is 360 g/mol. The molecule has 0 aliphatic carbocycles. The lowest BCUT2D eigenvalue weighted by Crippen LogP contribution is -2.39. The van der Waals surface area contributed by atoms with Crippen molar-refractivity contribution in [3.8, 4) is 17.2 Å². The molecule has 0 bridgehead atoms. The molecule has 8 nitrogen and oxygen atoms in total. The Morgan fingerprint density at radius 1 is 1.32 bits per heavy atom. The first-order valence-electron chi connectivity index (χ1n) is 7.28. The Hall–Kier alpha value is -2.30. The summed E-state index contributed by atoms with van der Waals surface area (Å²) in [7, 11) is -1.60. The first kappa shape index (κ1) is 19.0. The Kier molecular flexibility index (Phi) is 6.23. The zero-order valence-electron chi connectivity index (χ0n) is 13.7. The monoisotopic (exact) mass is 379 g/mol. The average Bonchev–Trinajstić information content (AvgIpc) is 2.95. The van der Waals surface area contributed by atoms with Crippen LogP contribution in [0.1, 0.15) is 5.56 Å². The third-order valence-corrected chi connectivity index (χ3v) is 4.15. The Bertz CT molecular complexity index is 740. The smallest absolute Gasteiger partial charge is 0.387 e. The largest absolute Gasteiger partial charge is 0.454 e. The Balaban J connectivity index is 2.03. The summed E-state index contributed by atoms with van der Waals surface area (Å²) in [5.41, 5.74) is 0.413. The molecule has 0 spiro atoms. The molecule has 0 aromatic heterocycles. The second-order valence-electron chi connectivity index (χ2n) is 5.17. The summed E-state index contributed by atoms with van der Waals surface area (Å²) in [6.07, 6.45) is 1.13. The molecule has 0 atom stereocenters. The zero-order valence-corrected chi connectivity index (χ0v) is 14.5. The van der Waals surface area contributed by atoms with Crippen LogP contribution >= 0.6 is 0 Å². The SMILES string of the molecule is CN=C(NCCS(C)(=O)=O)NCc1cc2c(cc1OC(F)F)OCO2. The fourth-order valence-corrected chi connectivity index (χ4v) is 2.54. The van der Waals surface area contributed by atoms with E-state index in [2.05, 4.69) is 20.4 Å². The van der Waals surface area contributed by atoms with Crippen molar-refractivity contribution in [1.29, 1.82) is 0 Å². The van der Waals surface area contributed by atoms with E-state index in [1.807, 2.05) is 0 Å². The number of nitrogens with zero attached hydrogens (tertiary/aromatic N) is 1. The van der Waals surface area contributed by atoms with Crippen LogP contribution in [-0.4, -0.2) is 53.4 Å². The molecule has 2 rings (SSSR count). The van der Waals surface area contributed by atoms with Crippen molar-refractivity contribution in [3.05, 3.63) is 17.7 Å². The number of fused-ring (bicyclic) bond motifs is 1. The van der Waals surface area contributed by atoms with Crippen LogP contribution in [0.15, 0.2) is 17.1 Å². The van der Waals surface area contributed by atoms with Crippen LogP contribution in [0.25, 0.3) is 0 Å². The number of rotatable bonds is 7. The summed E-state index contributed by atoms with van der Waals surface area (Å²) in [6.45, 7) is -2.70. The highest BCUT2D eigenvalue weighted by Crippen LogP contribution is 2.38. The Morgan fingerprint density at radius 3 is 2.60 bits per heavy atom. The maximum atomic E-state index is 12.6. The maximum absolute atomic E-state index is 12.6. The van der Waals surface area contributed by atoms with E-state index in [-0.39, 0.29) is 31.4 Å². The third kappa shape index (κ3) is 5.93. The van der Waals surface area contributed by atoms with Crippen molar-refractivity contribution < 1.29 is 31.4 Å². The number of guanidine groups is 1. The number of aliphatic imine (C=N–C) groups is 1. The van der Waals surface area contributed by atoms with Gasteiger partial charge in [0.25, 0.3) is 0 Å². The topological polar surface area (TPSA) is 98.3 Å². The summed E-state index contributed by atoms with van der Waals surface area (Å²) in [5.74, 6) is 0.980. The number of hydrogen-bond acceptors (Lipinski definition) is 6. The average molecular weight is 379 g/mol. The van der Waals surface area contributed by atoms with Crippen LogP contribution in [-0.2, 0) is 16.4 Å². The van der Waals surface area contributed by atoms with Crippen molar-refractivity contribution in [1.82, 2.24) is 10.6 Å². The number of halogens is 2. The molecule has 0 saturated heterocycles. The van der Waals surface area contributed by atoms with Gasteiger partial charge in [0.15, 0.2) is 17.5 Å². The van der Waals surface area contributed by atoms with E-state index in [4.69, 9.17) is 9.47 Å². The predicted molar refractivity (Wildman–Crippen MR) is 87.1 cm³/mol. The second kappa shape index (κ2) is 8.19. The van der Waals surface area contributed by atoms with Crippen molar-refractivity contribution in [2.45, 2.75) is 13.2 Å². The highest BCUT2D eigenvalue weighted by atomic mass is 32.2. The minimum absolute atomic E-state index is 0.00898. The molecule has 140 valence electrons. The second-order valence-corrected chi connectivity index (χ2v) is 7.43. The maximum Gasteiger partial charge on any atom is 0.387 e. The van der Waals surface area contributed by atoms with Gasteiger partial charge in [0, 0.05) is 38.0 Å². The fourth-order valence-electron chi connectivity index (χ4n) is 2.06. The van der Waals surface area contributed by atoms with Crippen molar-refractivity contribution in [3.63, 3.8) is 0 Å². The molecule has 0 unspecified atom stereocenters. The predicted octanol–water partition coefficient (Wildman–Crippen LogP) is 0.726. The van der Waals surface area contributed by atoms with E-state index in [1.54, 1.807) is 0 Å². The van der Waals surface area contributed by atoms with Crippen LogP contribution in [0.5, 0.6) is 17.2 Å². The Morgan fingerprint density at radius 2 is 2.00 bits per heavy atom. The highest BCUT2D eigenvalue weighted by molar-refractivity contribution is 7.90. The van der Waals surface area contributed by atoms with Gasteiger partial charge in [0.05, 0.1) is 5.75 Å². The van der Waals surface area contributed by atoms with Gasteiger partial charge in [-0.25, -0.2) is 8.42 Å². The standard InChI is InChI=1S/C14H19F2N3O5S/c1-17-14(18-3-4-25(2,20)21)19-7-9-5-11-12(23-8-22-11)6-10(9)24-13(15)16/h5-6,13H,3-4,7-8H2,1-2H3,(H2,17,18,19). The van der Waals surface area contributed by atoms with Gasteiger partial charge in [-0.1, -0.05) is 0 Å². The molecule has 0 saturated carbocycles. The van der Waals surface area contributed by atoms with Crippen LogP contribution in [0, 0.1) is 0 Å². The van der Waals surface area contributed by atoms with E-state index < -0.39 is 16.4 Å². The number of nitrogens with one attached hydrogen (secondary N) is 2. The highest BCUT2D eigenvalue weighted by Gasteiger charge is 2.20. The van der Waals surface area contributed by atoms with Crippen LogP contribution < -0.4 is 24.8 Å². The molecule has 1 aliphatic rings. The van der Waals surface area contributed by atoms with E-state index >= 15 is 0 Å². The molecule has 11 heteroatoms. The molecule has 0 amide bonds. The number of sulfone groups is 1. The molecule has 2 N–H and O–H groups in total. The molecule has 0 radical (unpaired) electrons. The van der Waals surface area contributed by atoms with Gasteiger partial charge < -0.3 is 24.8 Å². The normalized spacial score (nSPS) is 13.9. The summed E-state index contributed by atoms with van der Waals surface area (Å²) in [4.78, 5) is 3.94. The van der Waals surface area contributed by atoms with Gasteiger partial charge in [-0.3, -0.25) is 4.99 Å². The number of ether oxygens (including phenoxy) is 3. The van der Waals surface area contributed by atoms with E-state index in [1.165, 1.54) is 19.2 Å². The third-order valence-electron chi connectivity index (χ3n) is 3.21. The fraction of sp³-hybridized carbons (Fsp3) is 0.500. The lowest BCUT2D eigenvalue weighted by Gasteiger charge is -2.15. The van der Waals surface area contributed by atoms with Gasteiger partial charge in [-0.2, -0.15) is 8.78 Å². The molecule has 1 aliphatic heterocycles. The number of alkyl halides is 2. The lowest BCUT2D eigenvalue weighted by molar-refractivity contribution is -0.0505. The van der Waals surface area contributed by atoms with Crippen molar-refractivity contribution in [2.24, 2.45) is 4.99 Å². The van der Waals surface area contributed by atoms with Gasteiger partial charge >= 0.3 is 6.61 Å². The van der Waals surface area contributed by atoms with Gasteiger partial charge in [-0.15, -0.1) is 0 Å².